The molecule has 21 heavy (non-hydrogen) atoms. The summed E-state index contributed by atoms with van der Waals surface area (Å²) in [5.74, 6) is 0.942. The van der Waals surface area contributed by atoms with Gasteiger partial charge in [0, 0.05) is 24.0 Å². The SMILES string of the molecule is Oc1cc(CC[C@H]2CCCCN2)cc(-c2ncccn2)c1. The molecule has 2 heterocycles. The fourth-order valence-corrected chi connectivity index (χ4v) is 2.91. The minimum absolute atomic E-state index is 0.284. The highest BCUT2D eigenvalue weighted by Crippen LogP contribution is 2.24. The highest BCUT2D eigenvalue weighted by molar-refractivity contribution is 5.58. The summed E-state index contributed by atoms with van der Waals surface area (Å²) in [6.07, 6.45) is 9.38. The molecule has 1 saturated heterocycles. The molecule has 3 rings (SSSR count). The molecule has 2 N–H and O–H groups in total. The van der Waals surface area contributed by atoms with Crippen LogP contribution in [0, 0.1) is 0 Å². The molecule has 0 radical (unpaired) electrons. The number of nitrogens with one attached hydrogen (secondary N) is 1. The summed E-state index contributed by atoms with van der Waals surface area (Å²) in [6.45, 7) is 1.13. The first-order valence-corrected chi connectivity index (χ1v) is 7.65. The molecule has 1 aromatic carbocycles. The number of benzene rings is 1. The molecule has 0 saturated carbocycles. The standard InChI is InChI=1S/C17H21N3O/c21-16-11-13(5-6-15-4-1-2-7-18-15)10-14(12-16)17-19-8-3-9-20-17/h3,8-12,15,18,21H,1-2,4-7H2/t15-/m1/s1. The molecule has 0 aliphatic carbocycles. The van der Waals surface area contributed by atoms with Gasteiger partial charge in [-0.25, -0.2) is 9.97 Å². The molecule has 0 amide bonds. The molecule has 1 aromatic heterocycles. The number of rotatable bonds is 4. The summed E-state index contributed by atoms with van der Waals surface area (Å²) >= 11 is 0. The van der Waals surface area contributed by atoms with Gasteiger partial charge in [0.1, 0.15) is 5.75 Å². The van der Waals surface area contributed by atoms with E-state index in [1.54, 1.807) is 24.5 Å². The van der Waals surface area contributed by atoms with Crippen LogP contribution >= 0.6 is 0 Å². The Morgan fingerprint density at radius 3 is 2.76 bits per heavy atom. The molecular formula is C17H21N3O. The predicted octanol–water partition coefficient (Wildman–Crippen LogP) is 2.92. The minimum Gasteiger partial charge on any atom is -0.508 e. The second-order valence-corrected chi connectivity index (χ2v) is 5.65. The third-order valence-corrected chi connectivity index (χ3v) is 4.00. The molecule has 1 fully saturated rings. The molecule has 1 aliphatic rings. The zero-order valence-corrected chi connectivity index (χ0v) is 12.1. The lowest BCUT2D eigenvalue weighted by Gasteiger charge is -2.23. The van der Waals surface area contributed by atoms with Crippen LogP contribution in [0.1, 0.15) is 31.2 Å². The quantitative estimate of drug-likeness (QED) is 0.906. The Balaban J connectivity index is 1.72. The van der Waals surface area contributed by atoms with E-state index >= 15 is 0 Å². The van der Waals surface area contributed by atoms with Gasteiger partial charge in [-0.3, -0.25) is 0 Å². The van der Waals surface area contributed by atoms with Crippen molar-refractivity contribution in [1.29, 1.82) is 0 Å². The number of aromatic hydroxyl groups is 1. The third kappa shape index (κ3) is 3.79. The Labute approximate surface area is 125 Å². The maximum absolute atomic E-state index is 9.92. The number of hydrogen-bond acceptors (Lipinski definition) is 4. The molecule has 1 atom stereocenters. The lowest BCUT2D eigenvalue weighted by molar-refractivity contribution is 0.382. The van der Waals surface area contributed by atoms with Crippen LogP contribution in [0.3, 0.4) is 0 Å². The first kappa shape index (κ1) is 14.0. The average molecular weight is 283 g/mol. The number of aryl methyl sites for hydroxylation is 1. The molecule has 110 valence electrons. The van der Waals surface area contributed by atoms with Crippen molar-refractivity contribution in [1.82, 2.24) is 15.3 Å². The van der Waals surface area contributed by atoms with Gasteiger partial charge in [-0.2, -0.15) is 0 Å². The number of phenols is 1. The second-order valence-electron chi connectivity index (χ2n) is 5.65. The van der Waals surface area contributed by atoms with Crippen LogP contribution in [0.2, 0.25) is 0 Å². The van der Waals surface area contributed by atoms with E-state index in [4.69, 9.17) is 0 Å². The topological polar surface area (TPSA) is 58.0 Å². The number of hydrogen-bond donors (Lipinski definition) is 2. The number of piperidine rings is 1. The Kier molecular flexibility index (Phi) is 4.46. The zero-order chi connectivity index (χ0) is 14.5. The van der Waals surface area contributed by atoms with Gasteiger partial charge in [-0.1, -0.05) is 6.42 Å². The zero-order valence-electron chi connectivity index (χ0n) is 12.1. The Morgan fingerprint density at radius 2 is 2.00 bits per heavy atom. The van der Waals surface area contributed by atoms with E-state index < -0.39 is 0 Å². The fraction of sp³-hybridized carbons (Fsp3) is 0.412. The first-order chi connectivity index (χ1) is 10.3. The molecule has 2 aromatic rings. The van der Waals surface area contributed by atoms with Crippen molar-refractivity contribution in [2.45, 2.75) is 38.1 Å². The van der Waals surface area contributed by atoms with Gasteiger partial charge >= 0.3 is 0 Å². The smallest absolute Gasteiger partial charge is 0.159 e. The van der Waals surface area contributed by atoms with E-state index in [1.165, 1.54) is 19.3 Å². The first-order valence-electron chi connectivity index (χ1n) is 7.65. The monoisotopic (exact) mass is 283 g/mol. The normalized spacial score (nSPS) is 18.6. The average Bonchev–Trinajstić information content (AvgIpc) is 2.54. The van der Waals surface area contributed by atoms with E-state index in [0.29, 0.717) is 11.9 Å². The molecule has 4 heteroatoms. The van der Waals surface area contributed by atoms with Crippen LogP contribution in [-0.2, 0) is 6.42 Å². The molecule has 4 nitrogen and oxygen atoms in total. The van der Waals surface area contributed by atoms with E-state index in [2.05, 4.69) is 21.4 Å². The van der Waals surface area contributed by atoms with Gasteiger partial charge < -0.3 is 10.4 Å². The maximum atomic E-state index is 9.92. The molecule has 0 unspecified atom stereocenters. The largest absolute Gasteiger partial charge is 0.508 e. The minimum atomic E-state index is 0.284. The van der Waals surface area contributed by atoms with Gasteiger partial charge in [-0.15, -0.1) is 0 Å². The molecular weight excluding hydrogens is 262 g/mol. The van der Waals surface area contributed by atoms with E-state index in [9.17, 15) is 5.11 Å². The Morgan fingerprint density at radius 1 is 1.14 bits per heavy atom. The highest BCUT2D eigenvalue weighted by atomic mass is 16.3. The van der Waals surface area contributed by atoms with Crippen molar-refractivity contribution in [2.75, 3.05) is 6.54 Å². The summed E-state index contributed by atoms with van der Waals surface area (Å²) in [7, 11) is 0. The molecule has 0 bridgehead atoms. The molecule has 1 aliphatic heterocycles. The van der Waals surface area contributed by atoms with Crippen LogP contribution in [0.15, 0.2) is 36.7 Å². The Hall–Kier alpha value is -1.94. The van der Waals surface area contributed by atoms with Crippen molar-refractivity contribution >= 4 is 0 Å². The van der Waals surface area contributed by atoms with Crippen LogP contribution in [-0.4, -0.2) is 27.7 Å². The van der Waals surface area contributed by atoms with Crippen molar-refractivity contribution in [3.8, 4) is 17.1 Å². The van der Waals surface area contributed by atoms with Crippen molar-refractivity contribution in [3.05, 3.63) is 42.2 Å². The van der Waals surface area contributed by atoms with Gasteiger partial charge in [0.25, 0.3) is 0 Å². The molecule has 0 spiro atoms. The van der Waals surface area contributed by atoms with E-state index in [1.807, 2.05) is 6.07 Å². The van der Waals surface area contributed by atoms with E-state index in [-0.39, 0.29) is 5.75 Å². The van der Waals surface area contributed by atoms with Crippen LogP contribution in [0.25, 0.3) is 11.4 Å². The van der Waals surface area contributed by atoms with Gasteiger partial charge in [0.2, 0.25) is 0 Å². The van der Waals surface area contributed by atoms with Crippen molar-refractivity contribution < 1.29 is 5.11 Å². The van der Waals surface area contributed by atoms with Crippen molar-refractivity contribution in [3.63, 3.8) is 0 Å². The maximum Gasteiger partial charge on any atom is 0.159 e. The summed E-state index contributed by atoms with van der Waals surface area (Å²) in [4.78, 5) is 8.49. The van der Waals surface area contributed by atoms with Crippen LogP contribution < -0.4 is 5.32 Å². The van der Waals surface area contributed by atoms with Crippen molar-refractivity contribution in [2.24, 2.45) is 0 Å². The number of phenolic OH excluding ortho intramolecular Hbond substituents is 1. The Bertz CT molecular complexity index is 580. The number of aromatic nitrogens is 2. The summed E-state index contributed by atoms with van der Waals surface area (Å²) in [5, 5.41) is 13.5. The third-order valence-electron chi connectivity index (χ3n) is 4.00. The van der Waals surface area contributed by atoms with Crippen LogP contribution in [0.5, 0.6) is 5.75 Å². The predicted molar refractivity (Wildman–Crippen MR) is 83.1 cm³/mol. The van der Waals surface area contributed by atoms with Crippen LogP contribution in [0.4, 0.5) is 0 Å². The van der Waals surface area contributed by atoms with E-state index in [0.717, 1.165) is 30.5 Å². The van der Waals surface area contributed by atoms with Gasteiger partial charge in [-0.05, 0) is 62.1 Å². The lowest BCUT2D eigenvalue weighted by Crippen LogP contribution is -2.34. The fourth-order valence-electron chi connectivity index (χ4n) is 2.91. The lowest BCUT2D eigenvalue weighted by atomic mass is 9.97. The summed E-state index contributed by atoms with van der Waals surface area (Å²) in [5.41, 5.74) is 2.02. The van der Waals surface area contributed by atoms with Gasteiger partial charge in [0.15, 0.2) is 5.82 Å². The summed E-state index contributed by atoms with van der Waals surface area (Å²) in [6, 6.07) is 8.05. The highest BCUT2D eigenvalue weighted by Gasteiger charge is 2.13. The van der Waals surface area contributed by atoms with Gasteiger partial charge in [0.05, 0.1) is 0 Å². The summed E-state index contributed by atoms with van der Waals surface area (Å²) < 4.78 is 0. The number of nitrogens with zero attached hydrogens (tertiary/aromatic N) is 2. The second kappa shape index (κ2) is 6.68.